The van der Waals surface area contributed by atoms with Crippen molar-refractivity contribution >= 4 is 46.8 Å². The normalized spacial score (nSPS) is 21.9. The van der Waals surface area contributed by atoms with Crippen LogP contribution in [-0.4, -0.2) is 40.7 Å². The average Bonchev–Trinajstić information content (AvgIpc) is 3.14. The molecule has 2 unspecified atom stereocenters. The highest BCUT2D eigenvalue weighted by Gasteiger charge is 2.34. The van der Waals surface area contributed by atoms with Gasteiger partial charge in [0.25, 0.3) is 0 Å². The van der Waals surface area contributed by atoms with Crippen molar-refractivity contribution in [2.24, 2.45) is 15.9 Å². The third-order valence-corrected chi connectivity index (χ3v) is 4.90. The molecule has 0 aliphatic carbocycles. The molecule has 2 atom stereocenters. The Morgan fingerprint density at radius 2 is 2.08 bits per heavy atom. The Balaban J connectivity index is 1.64. The van der Waals surface area contributed by atoms with Crippen molar-refractivity contribution in [2.45, 2.75) is 12.6 Å². The number of nitrogens with one attached hydrogen (secondary N) is 2. The summed E-state index contributed by atoms with van der Waals surface area (Å²) in [6.45, 7) is 0. The Labute approximate surface area is 160 Å². The standard InChI is InChI=1S/C17H16Cl2N6O/c1-26-25-9-11(15-12(18)3-2-4-13(15)19)7-10-8-20-17(23-16(10)25)22-14-5-6-21-24-14/h2-6,8-10,16H,7H2,1H3,(H2,21,22,23,24). The third-order valence-electron chi connectivity index (χ3n) is 4.27. The van der Waals surface area contributed by atoms with Gasteiger partial charge < -0.3 is 5.32 Å². The van der Waals surface area contributed by atoms with E-state index in [0.717, 1.165) is 17.0 Å². The first-order valence-corrected chi connectivity index (χ1v) is 8.77. The van der Waals surface area contributed by atoms with E-state index in [1.54, 1.807) is 24.4 Å². The second-order valence-electron chi connectivity index (χ2n) is 5.90. The zero-order chi connectivity index (χ0) is 18.1. The monoisotopic (exact) mass is 390 g/mol. The number of nitrogens with zero attached hydrogens (tertiary/aromatic N) is 4. The lowest BCUT2D eigenvalue weighted by Gasteiger charge is -2.37. The maximum Gasteiger partial charge on any atom is 0.225 e. The van der Waals surface area contributed by atoms with Crippen LogP contribution in [0.25, 0.3) is 5.57 Å². The Morgan fingerprint density at radius 3 is 2.77 bits per heavy atom. The van der Waals surface area contributed by atoms with Crippen LogP contribution in [0.5, 0.6) is 0 Å². The molecular formula is C17H16Cl2N6O. The molecule has 0 bridgehead atoms. The zero-order valence-electron chi connectivity index (χ0n) is 13.9. The first-order chi connectivity index (χ1) is 12.7. The fraction of sp³-hybridized carbons (Fsp3) is 0.235. The summed E-state index contributed by atoms with van der Waals surface area (Å²) < 4.78 is 0. The van der Waals surface area contributed by atoms with E-state index in [9.17, 15) is 0 Å². The lowest BCUT2D eigenvalue weighted by Crippen LogP contribution is -2.42. The number of benzene rings is 1. The van der Waals surface area contributed by atoms with E-state index in [-0.39, 0.29) is 12.1 Å². The molecule has 3 heterocycles. The number of aromatic amines is 1. The van der Waals surface area contributed by atoms with Gasteiger partial charge in [-0.2, -0.15) is 5.10 Å². The molecule has 9 heteroatoms. The number of hydroxylamine groups is 2. The van der Waals surface area contributed by atoms with Crippen molar-refractivity contribution < 1.29 is 4.84 Å². The van der Waals surface area contributed by atoms with Crippen LogP contribution >= 0.6 is 23.2 Å². The molecule has 2 aliphatic heterocycles. The Kier molecular flexibility index (Phi) is 4.67. The Bertz CT molecular complexity index is 872. The first kappa shape index (κ1) is 17.1. The molecule has 0 fully saturated rings. The second kappa shape index (κ2) is 7.11. The Morgan fingerprint density at radius 1 is 1.27 bits per heavy atom. The molecule has 7 nitrogen and oxygen atoms in total. The van der Waals surface area contributed by atoms with Crippen LogP contribution in [0, 0.1) is 5.92 Å². The minimum absolute atomic E-state index is 0.0367. The van der Waals surface area contributed by atoms with E-state index in [2.05, 4.69) is 25.5 Å². The summed E-state index contributed by atoms with van der Waals surface area (Å²) in [7, 11) is 1.61. The summed E-state index contributed by atoms with van der Waals surface area (Å²) in [5, 5.41) is 12.7. The largest absolute Gasteiger partial charge is 0.309 e. The number of allylic oxidation sites excluding steroid dienone is 1. The molecule has 134 valence electrons. The number of hydrogen-bond acceptors (Lipinski definition) is 6. The third kappa shape index (κ3) is 3.21. The minimum Gasteiger partial charge on any atom is -0.309 e. The lowest BCUT2D eigenvalue weighted by molar-refractivity contribution is -0.128. The molecule has 0 amide bonds. The summed E-state index contributed by atoms with van der Waals surface area (Å²) in [5.74, 6) is 1.25. The van der Waals surface area contributed by atoms with E-state index in [1.165, 1.54) is 0 Å². The number of anilines is 1. The number of hydrogen-bond donors (Lipinski definition) is 2. The summed E-state index contributed by atoms with van der Waals surface area (Å²) in [6, 6.07) is 7.28. The van der Waals surface area contributed by atoms with Crippen molar-refractivity contribution in [1.82, 2.24) is 15.3 Å². The number of guanidine groups is 1. The summed E-state index contributed by atoms with van der Waals surface area (Å²) in [5.41, 5.74) is 1.80. The predicted octanol–water partition coefficient (Wildman–Crippen LogP) is 3.82. The van der Waals surface area contributed by atoms with Crippen molar-refractivity contribution in [3.8, 4) is 0 Å². The predicted molar refractivity (Wildman–Crippen MR) is 103 cm³/mol. The quantitative estimate of drug-likeness (QED) is 0.834. The number of fused-ring (bicyclic) bond motifs is 1. The van der Waals surface area contributed by atoms with Gasteiger partial charge >= 0.3 is 0 Å². The SMILES string of the molecule is CON1C=C(c2c(Cl)cccc2Cl)CC2C=NC(Nc3ccn[nH]3)=NC21. The summed E-state index contributed by atoms with van der Waals surface area (Å²) in [6.07, 6.45) is 5.90. The summed E-state index contributed by atoms with van der Waals surface area (Å²) in [4.78, 5) is 14.6. The van der Waals surface area contributed by atoms with Crippen LogP contribution in [0.2, 0.25) is 10.0 Å². The zero-order valence-corrected chi connectivity index (χ0v) is 15.4. The Hall–Kier alpha value is -2.35. The molecule has 1 aromatic carbocycles. The van der Waals surface area contributed by atoms with Gasteiger partial charge in [-0.3, -0.25) is 9.94 Å². The fourth-order valence-electron chi connectivity index (χ4n) is 3.08. The molecule has 0 saturated heterocycles. The topological polar surface area (TPSA) is 77.9 Å². The minimum atomic E-state index is -0.229. The molecule has 0 spiro atoms. The fourth-order valence-corrected chi connectivity index (χ4v) is 3.72. The van der Waals surface area contributed by atoms with Gasteiger partial charge in [0.2, 0.25) is 5.96 Å². The number of aromatic nitrogens is 2. The second-order valence-corrected chi connectivity index (χ2v) is 6.72. The van der Waals surface area contributed by atoms with Gasteiger partial charge in [-0.1, -0.05) is 29.3 Å². The average molecular weight is 391 g/mol. The van der Waals surface area contributed by atoms with E-state index in [1.807, 2.05) is 30.6 Å². The van der Waals surface area contributed by atoms with Gasteiger partial charge in [-0.05, 0) is 24.1 Å². The van der Waals surface area contributed by atoms with E-state index in [4.69, 9.17) is 28.0 Å². The number of halogens is 2. The van der Waals surface area contributed by atoms with E-state index < -0.39 is 0 Å². The molecule has 4 rings (SSSR count). The van der Waals surface area contributed by atoms with Gasteiger partial charge in [0.05, 0.1) is 13.3 Å². The smallest absolute Gasteiger partial charge is 0.225 e. The maximum absolute atomic E-state index is 6.37. The van der Waals surface area contributed by atoms with Gasteiger partial charge in [-0.15, -0.1) is 0 Å². The highest BCUT2D eigenvalue weighted by atomic mass is 35.5. The molecule has 2 N–H and O–H groups in total. The molecule has 0 radical (unpaired) electrons. The van der Waals surface area contributed by atoms with Crippen LogP contribution in [0.4, 0.5) is 5.82 Å². The lowest BCUT2D eigenvalue weighted by atomic mass is 9.90. The number of aliphatic imine (C=N–C) groups is 2. The molecule has 0 saturated carbocycles. The van der Waals surface area contributed by atoms with Gasteiger partial charge in [-0.25, -0.2) is 15.0 Å². The van der Waals surface area contributed by atoms with E-state index in [0.29, 0.717) is 22.4 Å². The van der Waals surface area contributed by atoms with Gasteiger partial charge in [0.1, 0.15) is 5.82 Å². The highest BCUT2D eigenvalue weighted by molar-refractivity contribution is 6.37. The van der Waals surface area contributed by atoms with Crippen molar-refractivity contribution in [3.05, 3.63) is 52.3 Å². The van der Waals surface area contributed by atoms with Crippen molar-refractivity contribution in [1.29, 1.82) is 0 Å². The molecule has 26 heavy (non-hydrogen) atoms. The van der Waals surface area contributed by atoms with Crippen LogP contribution in [0.3, 0.4) is 0 Å². The van der Waals surface area contributed by atoms with Gasteiger partial charge in [0.15, 0.2) is 6.17 Å². The van der Waals surface area contributed by atoms with Crippen LogP contribution in [-0.2, 0) is 4.84 Å². The number of rotatable bonds is 3. The van der Waals surface area contributed by atoms with Crippen LogP contribution < -0.4 is 5.32 Å². The molecule has 1 aromatic heterocycles. The molecular weight excluding hydrogens is 375 g/mol. The van der Waals surface area contributed by atoms with Crippen LogP contribution in [0.15, 0.2) is 46.6 Å². The van der Waals surface area contributed by atoms with E-state index >= 15 is 0 Å². The summed E-state index contributed by atoms with van der Waals surface area (Å²) >= 11 is 12.7. The van der Waals surface area contributed by atoms with Crippen molar-refractivity contribution in [2.75, 3.05) is 12.4 Å². The highest BCUT2D eigenvalue weighted by Crippen LogP contribution is 2.39. The number of H-pyrrole nitrogens is 1. The van der Waals surface area contributed by atoms with Crippen LogP contribution in [0.1, 0.15) is 12.0 Å². The molecule has 2 aliphatic rings. The molecule has 2 aromatic rings. The van der Waals surface area contributed by atoms with Gasteiger partial charge in [0, 0.05) is 40.0 Å². The van der Waals surface area contributed by atoms with Crippen molar-refractivity contribution in [3.63, 3.8) is 0 Å². The first-order valence-electron chi connectivity index (χ1n) is 8.01. The maximum atomic E-state index is 6.37.